The number of benzene rings is 1. The lowest BCUT2D eigenvalue weighted by atomic mass is 9.98. The quantitative estimate of drug-likeness (QED) is 0.932. The van der Waals surface area contributed by atoms with Crippen LogP contribution < -0.4 is 15.4 Å². The number of hydrogen-bond donors (Lipinski definition) is 1. The molecule has 0 bridgehead atoms. The number of nitrogens with two attached hydrogens (primary N) is 1. The summed E-state index contributed by atoms with van der Waals surface area (Å²) >= 11 is 0. The lowest BCUT2D eigenvalue weighted by Crippen LogP contribution is -2.32. The second-order valence-electron chi connectivity index (χ2n) is 5.06. The van der Waals surface area contributed by atoms with Gasteiger partial charge in [0.05, 0.1) is 18.4 Å². The van der Waals surface area contributed by atoms with Gasteiger partial charge < -0.3 is 15.4 Å². The zero-order valence-electron chi connectivity index (χ0n) is 11.9. The van der Waals surface area contributed by atoms with Gasteiger partial charge in [0.15, 0.2) is 0 Å². The molecule has 1 aromatic carbocycles. The number of hydrogen-bond acceptors (Lipinski definition) is 4. The highest BCUT2D eigenvalue weighted by atomic mass is 16.5. The van der Waals surface area contributed by atoms with Crippen molar-refractivity contribution in [2.75, 3.05) is 18.6 Å². The van der Waals surface area contributed by atoms with Crippen LogP contribution in [0, 0.1) is 0 Å². The summed E-state index contributed by atoms with van der Waals surface area (Å²) in [7, 11) is 1.66. The van der Waals surface area contributed by atoms with Crippen LogP contribution in [0.5, 0.6) is 5.75 Å². The van der Waals surface area contributed by atoms with Crippen molar-refractivity contribution in [1.29, 1.82) is 0 Å². The van der Waals surface area contributed by atoms with E-state index in [1.54, 1.807) is 13.3 Å². The third-order valence-electron chi connectivity index (χ3n) is 3.83. The minimum absolute atomic E-state index is 0.450. The topological polar surface area (TPSA) is 68.4 Å². The number of carbonyl (C=O) groups excluding carboxylic acids is 1. The lowest BCUT2D eigenvalue weighted by molar-refractivity contribution is 0.100. The normalized spacial score (nSPS) is 13.7. The minimum atomic E-state index is -0.450. The molecule has 108 valence electrons. The Morgan fingerprint density at radius 3 is 2.95 bits per heavy atom. The van der Waals surface area contributed by atoms with Crippen LogP contribution in [0.15, 0.2) is 36.7 Å². The van der Waals surface area contributed by atoms with Crippen LogP contribution in [0.4, 0.5) is 5.69 Å². The van der Waals surface area contributed by atoms with E-state index in [1.807, 2.05) is 18.2 Å². The molecule has 21 heavy (non-hydrogen) atoms. The average Bonchev–Trinajstić information content (AvgIpc) is 2.53. The fraction of sp³-hybridized carbons (Fsp3) is 0.250. The molecular weight excluding hydrogens is 266 g/mol. The Bertz CT molecular complexity index is 685. The van der Waals surface area contributed by atoms with Crippen molar-refractivity contribution in [3.8, 4) is 5.75 Å². The van der Waals surface area contributed by atoms with Crippen molar-refractivity contribution in [3.05, 3.63) is 53.3 Å². The van der Waals surface area contributed by atoms with Crippen molar-refractivity contribution in [3.63, 3.8) is 0 Å². The van der Waals surface area contributed by atoms with Gasteiger partial charge >= 0.3 is 0 Å². The first-order chi connectivity index (χ1) is 10.2. The van der Waals surface area contributed by atoms with Gasteiger partial charge in [0.1, 0.15) is 5.75 Å². The summed E-state index contributed by atoms with van der Waals surface area (Å²) in [5, 5.41) is 0. The number of primary amides is 1. The first kappa shape index (κ1) is 13.4. The Morgan fingerprint density at radius 1 is 1.33 bits per heavy atom. The van der Waals surface area contributed by atoms with E-state index in [1.165, 1.54) is 17.3 Å². The van der Waals surface area contributed by atoms with Gasteiger partial charge in [-0.15, -0.1) is 0 Å². The summed E-state index contributed by atoms with van der Waals surface area (Å²) in [6.45, 7) is 1.58. The van der Waals surface area contributed by atoms with E-state index < -0.39 is 5.91 Å². The van der Waals surface area contributed by atoms with Crippen LogP contribution in [-0.2, 0) is 13.0 Å². The monoisotopic (exact) mass is 283 g/mol. The van der Waals surface area contributed by atoms with Gasteiger partial charge in [0, 0.05) is 25.5 Å². The molecule has 2 aromatic rings. The molecular formula is C16H17N3O2. The lowest BCUT2D eigenvalue weighted by Gasteiger charge is -2.31. The molecule has 0 aliphatic carbocycles. The predicted octanol–water partition coefficient (Wildman–Crippen LogP) is 1.75. The summed E-state index contributed by atoms with van der Waals surface area (Å²) < 4.78 is 5.28. The summed E-state index contributed by atoms with van der Waals surface area (Å²) in [6.07, 6.45) is 4.14. The predicted molar refractivity (Wildman–Crippen MR) is 80.5 cm³/mol. The first-order valence-corrected chi connectivity index (χ1v) is 6.83. The van der Waals surface area contributed by atoms with Gasteiger partial charge in [-0.05, 0) is 35.7 Å². The van der Waals surface area contributed by atoms with Crippen LogP contribution >= 0.6 is 0 Å². The van der Waals surface area contributed by atoms with E-state index in [0.29, 0.717) is 5.56 Å². The summed E-state index contributed by atoms with van der Waals surface area (Å²) in [5.41, 5.74) is 9.27. The maximum atomic E-state index is 11.5. The highest BCUT2D eigenvalue weighted by Crippen LogP contribution is 2.28. The smallest absolute Gasteiger partial charge is 0.252 e. The van der Waals surface area contributed by atoms with Gasteiger partial charge in [-0.25, -0.2) is 0 Å². The van der Waals surface area contributed by atoms with E-state index >= 15 is 0 Å². The maximum Gasteiger partial charge on any atom is 0.252 e. The molecule has 0 saturated carbocycles. The third-order valence-corrected chi connectivity index (χ3v) is 3.83. The largest absolute Gasteiger partial charge is 0.497 e. The Hall–Kier alpha value is -2.56. The second-order valence-corrected chi connectivity index (χ2v) is 5.06. The van der Waals surface area contributed by atoms with E-state index in [0.717, 1.165) is 30.9 Å². The molecule has 3 rings (SSSR count). The molecule has 0 spiro atoms. The van der Waals surface area contributed by atoms with Gasteiger partial charge in [0.25, 0.3) is 5.91 Å². The van der Waals surface area contributed by atoms with E-state index in [-0.39, 0.29) is 0 Å². The van der Waals surface area contributed by atoms with Gasteiger partial charge in [-0.2, -0.15) is 0 Å². The number of rotatable bonds is 3. The van der Waals surface area contributed by atoms with Crippen LogP contribution in [0.1, 0.15) is 21.5 Å². The van der Waals surface area contributed by atoms with Crippen molar-refractivity contribution in [1.82, 2.24) is 4.98 Å². The zero-order chi connectivity index (χ0) is 14.8. The van der Waals surface area contributed by atoms with Gasteiger partial charge in [0.2, 0.25) is 0 Å². The van der Waals surface area contributed by atoms with Gasteiger partial charge in [-0.1, -0.05) is 6.07 Å². The summed E-state index contributed by atoms with van der Waals surface area (Å²) in [5.74, 6) is 0.398. The molecule has 1 aliphatic rings. The summed E-state index contributed by atoms with van der Waals surface area (Å²) in [6, 6.07) is 7.97. The maximum absolute atomic E-state index is 11.5. The molecule has 0 fully saturated rings. The van der Waals surface area contributed by atoms with Crippen molar-refractivity contribution in [2.24, 2.45) is 5.73 Å². The molecule has 0 saturated heterocycles. The number of pyridine rings is 1. The van der Waals surface area contributed by atoms with E-state index in [2.05, 4.69) is 16.0 Å². The van der Waals surface area contributed by atoms with E-state index in [4.69, 9.17) is 10.5 Å². The number of fused-ring (bicyclic) bond motifs is 1. The number of methoxy groups -OCH3 is 1. The number of carbonyl (C=O) groups is 1. The molecule has 5 nitrogen and oxygen atoms in total. The Kier molecular flexibility index (Phi) is 3.48. The van der Waals surface area contributed by atoms with Crippen molar-refractivity contribution >= 4 is 11.6 Å². The Balaban J connectivity index is 1.94. The number of ether oxygens (including phenoxy) is 1. The standard InChI is InChI=1S/C16H17N3O2/c1-21-13-3-2-11-5-7-19(10-12(11)8-13)15-4-6-18-9-14(15)16(17)20/h2-4,6,8-9H,5,7,10H2,1H3,(H2,17,20). The number of amides is 1. The fourth-order valence-electron chi connectivity index (χ4n) is 2.72. The van der Waals surface area contributed by atoms with Crippen LogP contribution in [0.25, 0.3) is 0 Å². The van der Waals surface area contributed by atoms with E-state index in [9.17, 15) is 4.79 Å². The van der Waals surface area contributed by atoms with Crippen molar-refractivity contribution in [2.45, 2.75) is 13.0 Å². The van der Waals surface area contributed by atoms with Crippen LogP contribution in [0.2, 0.25) is 0 Å². The minimum Gasteiger partial charge on any atom is -0.497 e. The molecule has 0 unspecified atom stereocenters. The molecule has 2 N–H and O–H groups in total. The molecule has 1 aliphatic heterocycles. The summed E-state index contributed by atoms with van der Waals surface area (Å²) in [4.78, 5) is 17.7. The SMILES string of the molecule is COc1ccc2c(c1)CN(c1ccncc1C(N)=O)CC2. The Morgan fingerprint density at radius 2 is 2.19 bits per heavy atom. The zero-order valence-corrected chi connectivity index (χ0v) is 11.9. The fourth-order valence-corrected chi connectivity index (χ4v) is 2.72. The van der Waals surface area contributed by atoms with Crippen LogP contribution in [0.3, 0.4) is 0 Å². The number of nitrogens with zero attached hydrogens (tertiary/aromatic N) is 2. The molecule has 2 heterocycles. The highest BCUT2D eigenvalue weighted by Gasteiger charge is 2.20. The Labute approximate surface area is 123 Å². The van der Waals surface area contributed by atoms with Crippen molar-refractivity contribution < 1.29 is 9.53 Å². The molecule has 1 aromatic heterocycles. The average molecular weight is 283 g/mol. The molecule has 0 atom stereocenters. The molecule has 5 heteroatoms. The molecule has 1 amide bonds. The highest BCUT2D eigenvalue weighted by molar-refractivity contribution is 5.98. The third kappa shape index (κ3) is 2.54. The number of anilines is 1. The first-order valence-electron chi connectivity index (χ1n) is 6.83. The number of aromatic nitrogens is 1. The van der Waals surface area contributed by atoms with Crippen LogP contribution in [-0.4, -0.2) is 24.5 Å². The second kappa shape index (κ2) is 5.44. The molecule has 0 radical (unpaired) electrons. The van der Waals surface area contributed by atoms with Gasteiger partial charge in [-0.3, -0.25) is 9.78 Å².